The Hall–Kier alpha value is -1.32. The number of rotatable bonds is 1. The average molecular weight is 263 g/mol. The Kier molecular flexibility index (Phi) is 3.97. The van der Waals surface area contributed by atoms with Crippen LogP contribution in [0.4, 0.5) is 0 Å². The van der Waals surface area contributed by atoms with Gasteiger partial charge in [-0.1, -0.05) is 33.6 Å². The van der Waals surface area contributed by atoms with Crippen LogP contribution in [0.1, 0.15) is 58.1 Å². The molecule has 0 saturated carbocycles. The molecule has 1 aliphatic heterocycles. The minimum Gasteiger partial charge on any atom is -0.335 e. The molecule has 19 heavy (non-hydrogen) atoms. The monoisotopic (exact) mass is 263 g/mol. The fourth-order valence-electron chi connectivity index (χ4n) is 2.74. The number of hydrogen-bond acceptors (Lipinski definition) is 2. The summed E-state index contributed by atoms with van der Waals surface area (Å²) < 4.78 is 1.82. The first-order valence-corrected chi connectivity index (χ1v) is 7.19. The Morgan fingerprint density at radius 3 is 2.63 bits per heavy atom. The molecule has 0 spiro atoms. The second kappa shape index (κ2) is 5.35. The van der Waals surface area contributed by atoms with Crippen LogP contribution in [0.25, 0.3) is 0 Å². The van der Waals surface area contributed by atoms with Gasteiger partial charge in [-0.3, -0.25) is 9.48 Å². The molecule has 1 saturated heterocycles. The molecule has 0 radical (unpaired) electrons. The van der Waals surface area contributed by atoms with Crippen molar-refractivity contribution in [2.24, 2.45) is 12.5 Å². The van der Waals surface area contributed by atoms with Crippen molar-refractivity contribution in [3.05, 3.63) is 18.0 Å². The second-order valence-electron chi connectivity index (χ2n) is 6.56. The molecule has 2 rings (SSSR count). The van der Waals surface area contributed by atoms with Gasteiger partial charge in [0.2, 0.25) is 5.91 Å². The van der Waals surface area contributed by atoms with Crippen LogP contribution in [0.2, 0.25) is 0 Å². The smallest absolute Gasteiger partial charge is 0.228 e. The average Bonchev–Trinajstić information content (AvgIpc) is 2.62. The minimum atomic E-state index is -0.315. The molecular weight excluding hydrogens is 238 g/mol. The maximum absolute atomic E-state index is 12.7. The predicted octanol–water partition coefficient (Wildman–Crippen LogP) is 2.91. The molecule has 0 bridgehead atoms. The van der Waals surface area contributed by atoms with Gasteiger partial charge in [0.15, 0.2) is 0 Å². The van der Waals surface area contributed by atoms with Gasteiger partial charge in [-0.25, -0.2) is 0 Å². The molecule has 1 aromatic rings. The third-order valence-electron chi connectivity index (χ3n) is 3.76. The van der Waals surface area contributed by atoms with E-state index in [9.17, 15) is 4.79 Å². The van der Waals surface area contributed by atoms with Crippen molar-refractivity contribution in [2.75, 3.05) is 6.54 Å². The quantitative estimate of drug-likeness (QED) is 0.781. The fourth-order valence-corrected chi connectivity index (χ4v) is 2.74. The fraction of sp³-hybridized carbons (Fsp3) is 0.733. The molecule has 2 heterocycles. The lowest BCUT2D eigenvalue weighted by atomic mass is 9.92. The standard InChI is InChI=1S/C15H25N3O/c1-15(2,3)14(19)18-9-7-5-6-8-13(18)12-10-16-17(4)11-12/h10-11,13H,5-9H2,1-4H3/t13-/m0/s1. The lowest BCUT2D eigenvalue weighted by Crippen LogP contribution is -2.41. The topological polar surface area (TPSA) is 38.1 Å². The highest BCUT2D eigenvalue weighted by Gasteiger charge is 2.33. The van der Waals surface area contributed by atoms with Gasteiger partial charge >= 0.3 is 0 Å². The Morgan fingerprint density at radius 1 is 1.32 bits per heavy atom. The maximum Gasteiger partial charge on any atom is 0.228 e. The number of aryl methyl sites for hydroxylation is 1. The van der Waals surface area contributed by atoms with Crippen LogP contribution in [-0.4, -0.2) is 27.1 Å². The predicted molar refractivity (Wildman–Crippen MR) is 75.6 cm³/mol. The van der Waals surface area contributed by atoms with E-state index in [0.29, 0.717) is 0 Å². The maximum atomic E-state index is 12.7. The molecule has 0 aliphatic carbocycles. The molecule has 0 unspecified atom stereocenters. The Balaban J connectivity index is 2.28. The van der Waals surface area contributed by atoms with Crippen LogP contribution in [0.15, 0.2) is 12.4 Å². The number of carbonyl (C=O) groups is 1. The second-order valence-corrected chi connectivity index (χ2v) is 6.56. The summed E-state index contributed by atoms with van der Waals surface area (Å²) in [6.45, 7) is 6.87. The number of nitrogens with zero attached hydrogens (tertiary/aromatic N) is 3. The first kappa shape index (κ1) is 14.1. The molecule has 1 aliphatic rings. The van der Waals surface area contributed by atoms with Gasteiger partial charge in [-0.05, 0) is 12.8 Å². The lowest BCUT2D eigenvalue weighted by molar-refractivity contribution is -0.142. The zero-order chi connectivity index (χ0) is 14.0. The van der Waals surface area contributed by atoms with Crippen molar-refractivity contribution in [2.45, 2.75) is 52.5 Å². The number of aromatic nitrogens is 2. The first-order valence-electron chi connectivity index (χ1n) is 7.19. The number of amides is 1. The normalized spacial score (nSPS) is 21.3. The molecule has 1 aromatic heterocycles. The third kappa shape index (κ3) is 3.17. The molecule has 1 atom stereocenters. The van der Waals surface area contributed by atoms with E-state index in [1.807, 2.05) is 44.9 Å². The zero-order valence-electron chi connectivity index (χ0n) is 12.5. The summed E-state index contributed by atoms with van der Waals surface area (Å²) in [5, 5.41) is 4.26. The van der Waals surface area contributed by atoms with Crippen molar-refractivity contribution >= 4 is 5.91 Å². The number of hydrogen-bond donors (Lipinski definition) is 0. The van der Waals surface area contributed by atoms with Gasteiger partial charge in [0.1, 0.15) is 0 Å². The molecule has 4 heteroatoms. The van der Waals surface area contributed by atoms with E-state index in [1.165, 1.54) is 18.4 Å². The minimum absolute atomic E-state index is 0.197. The van der Waals surface area contributed by atoms with E-state index in [-0.39, 0.29) is 17.4 Å². The van der Waals surface area contributed by atoms with Gasteiger partial charge in [-0.15, -0.1) is 0 Å². The van der Waals surface area contributed by atoms with Gasteiger partial charge in [0, 0.05) is 30.8 Å². The van der Waals surface area contributed by atoms with Gasteiger partial charge in [-0.2, -0.15) is 5.10 Å². The van der Waals surface area contributed by atoms with E-state index in [4.69, 9.17) is 0 Å². The molecule has 106 valence electrons. The van der Waals surface area contributed by atoms with Crippen molar-refractivity contribution in [1.29, 1.82) is 0 Å². The molecule has 1 fully saturated rings. The first-order chi connectivity index (χ1) is 8.89. The summed E-state index contributed by atoms with van der Waals surface area (Å²) in [6.07, 6.45) is 8.50. The van der Waals surface area contributed by atoms with E-state index in [2.05, 4.69) is 10.00 Å². The highest BCUT2D eigenvalue weighted by Crippen LogP contribution is 2.33. The molecule has 1 amide bonds. The lowest BCUT2D eigenvalue weighted by Gasteiger charge is -2.34. The summed E-state index contributed by atoms with van der Waals surface area (Å²) in [5.74, 6) is 0.253. The number of likely N-dealkylation sites (tertiary alicyclic amines) is 1. The highest BCUT2D eigenvalue weighted by molar-refractivity contribution is 5.82. The SMILES string of the molecule is Cn1cc([C@@H]2CCCCCN2C(=O)C(C)(C)C)cn1. The van der Waals surface area contributed by atoms with Crippen LogP contribution in [-0.2, 0) is 11.8 Å². The molecule has 4 nitrogen and oxygen atoms in total. The van der Waals surface area contributed by atoms with Gasteiger partial charge in [0.25, 0.3) is 0 Å². The van der Waals surface area contributed by atoms with Crippen LogP contribution in [0.3, 0.4) is 0 Å². The Morgan fingerprint density at radius 2 is 2.05 bits per heavy atom. The Bertz CT molecular complexity index is 444. The summed E-state index contributed by atoms with van der Waals surface area (Å²) in [7, 11) is 1.93. The highest BCUT2D eigenvalue weighted by atomic mass is 16.2. The van der Waals surface area contributed by atoms with Gasteiger partial charge < -0.3 is 4.90 Å². The van der Waals surface area contributed by atoms with E-state index in [0.717, 1.165) is 19.4 Å². The van der Waals surface area contributed by atoms with E-state index >= 15 is 0 Å². The van der Waals surface area contributed by atoms with E-state index < -0.39 is 0 Å². The molecular formula is C15H25N3O. The van der Waals surface area contributed by atoms with Crippen molar-refractivity contribution in [1.82, 2.24) is 14.7 Å². The third-order valence-corrected chi connectivity index (χ3v) is 3.76. The van der Waals surface area contributed by atoms with Crippen LogP contribution in [0, 0.1) is 5.41 Å². The summed E-state index contributed by atoms with van der Waals surface area (Å²) in [5.41, 5.74) is 0.854. The summed E-state index contributed by atoms with van der Waals surface area (Å²) in [4.78, 5) is 14.7. The summed E-state index contributed by atoms with van der Waals surface area (Å²) >= 11 is 0. The van der Waals surface area contributed by atoms with Gasteiger partial charge in [0.05, 0.1) is 12.2 Å². The number of carbonyl (C=O) groups excluding carboxylic acids is 1. The molecule has 0 N–H and O–H groups in total. The van der Waals surface area contributed by atoms with Crippen LogP contribution in [0.5, 0.6) is 0 Å². The Labute approximate surface area is 115 Å². The van der Waals surface area contributed by atoms with Crippen molar-refractivity contribution in [3.63, 3.8) is 0 Å². The largest absolute Gasteiger partial charge is 0.335 e. The van der Waals surface area contributed by atoms with Crippen LogP contribution >= 0.6 is 0 Å². The van der Waals surface area contributed by atoms with Crippen molar-refractivity contribution in [3.8, 4) is 0 Å². The zero-order valence-corrected chi connectivity index (χ0v) is 12.5. The summed E-state index contributed by atoms with van der Waals surface area (Å²) in [6, 6.07) is 0.197. The van der Waals surface area contributed by atoms with Crippen molar-refractivity contribution < 1.29 is 4.79 Å². The molecule has 0 aromatic carbocycles. The van der Waals surface area contributed by atoms with E-state index in [1.54, 1.807) is 0 Å². The van der Waals surface area contributed by atoms with Crippen LogP contribution < -0.4 is 0 Å².